The van der Waals surface area contributed by atoms with Gasteiger partial charge >= 0.3 is 5.97 Å². The highest BCUT2D eigenvalue weighted by Gasteiger charge is 2.17. The minimum atomic E-state index is -3.77. The quantitative estimate of drug-likeness (QED) is 0.866. The van der Waals surface area contributed by atoms with E-state index in [0.29, 0.717) is 4.47 Å². The molecule has 0 unspecified atom stereocenters. The number of halogens is 1. The summed E-state index contributed by atoms with van der Waals surface area (Å²) in [6.45, 7) is 1.79. The number of aryl methyl sites for hydroxylation is 1. The summed E-state index contributed by atoms with van der Waals surface area (Å²) in [7, 11) is -3.77. The zero-order valence-corrected chi connectivity index (χ0v) is 13.4. The maximum atomic E-state index is 12.3. The number of carboxylic acid groups (broad SMARTS) is 1. The van der Waals surface area contributed by atoms with E-state index in [1.54, 1.807) is 19.1 Å². The second kappa shape index (κ2) is 5.87. The van der Waals surface area contributed by atoms with Crippen LogP contribution in [-0.4, -0.2) is 19.5 Å². The fraction of sp³-hybridized carbons (Fsp3) is 0.0714. The molecule has 0 aliphatic rings. The average molecular weight is 370 g/mol. The Labute approximate surface area is 130 Å². The van der Waals surface area contributed by atoms with Crippen LogP contribution in [0.3, 0.4) is 0 Å². The van der Waals surface area contributed by atoms with E-state index in [1.165, 1.54) is 30.3 Å². The van der Waals surface area contributed by atoms with Crippen molar-refractivity contribution in [3.8, 4) is 0 Å². The molecule has 0 aliphatic carbocycles. The first-order chi connectivity index (χ1) is 9.79. The van der Waals surface area contributed by atoms with Crippen molar-refractivity contribution in [2.24, 2.45) is 0 Å². The number of anilines is 1. The lowest BCUT2D eigenvalue weighted by Gasteiger charge is -2.11. The van der Waals surface area contributed by atoms with E-state index < -0.39 is 16.0 Å². The second-order valence-electron chi connectivity index (χ2n) is 4.42. The van der Waals surface area contributed by atoms with Crippen LogP contribution in [0.15, 0.2) is 51.8 Å². The normalized spacial score (nSPS) is 11.1. The maximum absolute atomic E-state index is 12.3. The van der Waals surface area contributed by atoms with Crippen molar-refractivity contribution in [1.29, 1.82) is 0 Å². The van der Waals surface area contributed by atoms with Crippen molar-refractivity contribution >= 4 is 37.6 Å². The third-order valence-corrected chi connectivity index (χ3v) is 4.81. The minimum Gasteiger partial charge on any atom is -0.478 e. The molecule has 0 spiro atoms. The van der Waals surface area contributed by atoms with Crippen molar-refractivity contribution < 1.29 is 18.3 Å². The number of nitrogens with one attached hydrogen (secondary N) is 1. The van der Waals surface area contributed by atoms with Crippen LogP contribution in [0.4, 0.5) is 5.69 Å². The summed E-state index contributed by atoms with van der Waals surface area (Å²) in [5.74, 6) is -1.13. The van der Waals surface area contributed by atoms with Gasteiger partial charge in [0.2, 0.25) is 0 Å². The minimum absolute atomic E-state index is 0.000132. The van der Waals surface area contributed by atoms with Crippen molar-refractivity contribution in [1.82, 2.24) is 0 Å². The third-order valence-electron chi connectivity index (χ3n) is 2.76. The molecule has 0 saturated heterocycles. The van der Waals surface area contributed by atoms with E-state index in [4.69, 9.17) is 5.11 Å². The van der Waals surface area contributed by atoms with Crippen molar-refractivity contribution in [3.05, 3.63) is 58.1 Å². The molecule has 0 heterocycles. The largest absolute Gasteiger partial charge is 0.478 e. The zero-order valence-electron chi connectivity index (χ0n) is 11.0. The molecule has 2 aromatic carbocycles. The molecule has 0 atom stereocenters. The molecule has 0 amide bonds. The van der Waals surface area contributed by atoms with Gasteiger partial charge in [-0.1, -0.05) is 12.1 Å². The van der Waals surface area contributed by atoms with Crippen LogP contribution in [0.5, 0.6) is 0 Å². The Hall–Kier alpha value is -1.86. The summed E-state index contributed by atoms with van der Waals surface area (Å²) in [5, 5.41) is 8.96. The molecule has 2 aromatic rings. The van der Waals surface area contributed by atoms with E-state index in [1.807, 2.05) is 0 Å². The lowest BCUT2D eigenvalue weighted by molar-refractivity contribution is 0.0697. The monoisotopic (exact) mass is 369 g/mol. The van der Waals surface area contributed by atoms with Gasteiger partial charge in [0.1, 0.15) is 0 Å². The maximum Gasteiger partial charge on any atom is 0.335 e. The van der Waals surface area contributed by atoms with E-state index in [2.05, 4.69) is 20.7 Å². The molecule has 0 saturated carbocycles. The molecular weight excluding hydrogens is 358 g/mol. The number of aromatic carboxylic acids is 1. The van der Waals surface area contributed by atoms with Gasteiger partial charge in [-0.25, -0.2) is 13.2 Å². The SMILES string of the molecule is Cc1cccc(S(=O)(=O)Nc2cc(C(=O)O)ccc2Br)c1. The Balaban J connectivity index is 2.41. The average Bonchev–Trinajstić information content (AvgIpc) is 2.41. The van der Waals surface area contributed by atoms with Gasteiger partial charge in [-0.15, -0.1) is 0 Å². The van der Waals surface area contributed by atoms with Crippen LogP contribution in [0.25, 0.3) is 0 Å². The van der Waals surface area contributed by atoms with Crippen LogP contribution in [-0.2, 0) is 10.0 Å². The number of benzene rings is 2. The van der Waals surface area contributed by atoms with E-state index in [0.717, 1.165) is 5.56 Å². The lowest BCUT2D eigenvalue weighted by atomic mass is 10.2. The molecule has 2 rings (SSSR count). The van der Waals surface area contributed by atoms with Gasteiger partial charge in [0, 0.05) is 4.47 Å². The summed E-state index contributed by atoms with van der Waals surface area (Å²) >= 11 is 3.20. The second-order valence-corrected chi connectivity index (χ2v) is 6.96. The summed E-state index contributed by atoms with van der Waals surface area (Å²) in [5.41, 5.74) is 0.993. The van der Waals surface area contributed by atoms with Gasteiger partial charge in [-0.05, 0) is 58.7 Å². The van der Waals surface area contributed by atoms with Crippen LogP contribution in [0, 0.1) is 6.92 Å². The lowest BCUT2D eigenvalue weighted by Crippen LogP contribution is -2.14. The Morgan fingerprint density at radius 3 is 2.52 bits per heavy atom. The summed E-state index contributed by atoms with van der Waals surface area (Å²) in [4.78, 5) is 11.1. The molecule has 2 N–H and O–H groups in total. The molecule has 7 heteroatoms. The summed E-state index contributed by atoms with van der Waals surface area (Å²) in [6.07, 6.45) is 0. The highest BCUT2D eigenvalue weighted by molar-refractivity contribution is 9.10. The molecule has 0 aliphatic heterocycles. The Kier molecular flexibility index (Phi) is 4.34. The van der Waals surface area contributed by atoms with E-state index in [-0.39, 0.29) is 16.1 Å². The molecule has 110 valence electrons. The van der Waals surface area contributed by atoms with Gasteiger partial charge in [-0.3, -0.25) is 4.72 Å². The fourth-order valence-electron chi connectivity index (χ4n) is 1.72. The number of carboxylic acids is 1. The standard InChI is InChI=1S/C14H12BrNO4S/c1-9-3-2-4-11(7-9)21(19,20)16-13-8-10(14(17)18)5-6-12(13)15/h2-8,16H,1H3,(H,17,18). The van der Waals surface area contributed by atoms with Gasteiger partial charge in [0.05, 0.1) is 16.1 Å². The van der Waals surface area contributed by atoms with Crippen molar-refractivity contribution in [2.45, 2.75) is 11.8 Å². The van der Waals surface area contributed by atoms with E-state index in [9.17, 15) is 13.2 Å². The molecule has 0 fully saturated rings. The van der Waals surface area contributed by atoms with Crippen LogP contribution in [0.2, 0.25) is 0 Å². The van der Waals surface area contributed by atoms with Crippen LogP contribution >= 0.6 is 15.9 Å². The van der Waals surface area contributed by atoms with Gasteiger partial charge in [-0.2, -0.15) is 0 Å². The highest BCUT2D eigenvalue weighted by Crippen LogP contribution is 2.26. The molecule has 5 nitrogen and oxygen atoms in total. The molecule has 21 heavy (non-hydrogen) atoms. The molecule has 0 bridgehead atoms. The predicted octanol–water partition coefficient (Wildman–Crippen LogP) is 3.26. The zero-order chi connectivity index (χ0) is 15.6. The predicted molar refractivity (Wildman–Crippen MR) is 83.1 cm³/mol. The summed E-state index contributed by atoms with van der Waals surface area (Å²) < 4.78 is 27.5. The molecule has 0 radical (unpaired) electrons. The Morgan fingerprint density at radius 1 is 1.19 bits per heavy atom. The van der Waals surface area contributed by atoms with Crippen molar-refractivity contribution in [2.75, 3.05) is 4.72 Å². The smallest absolute Gasteiger partial charge is 0.335 e. The first-order valence-electron chi connectivity index (χ1n) is 5.92. The Morgan fingerprint density at radius 2 is 1.90 bits per heavy atom. The first kappa shape index (κ1) is 15.5. The number of hydrogen-bond donors (Lipinski definition) is 2. The third kappa shape index (κ3) is 3.62. The number of hydrogen-bond acceptors (Lipinski definition) is 3. The summed E-state index contributed by atoms with van der Waals surface area (Å²) in [6, 6.07) is 10.6. The van der Waals surface area contributed by atoms with Gasteiger partial charge in [0.25, 0.3) is 10.0 Å². The first-order valence-corrected chi connectivity index (χ1v) is 8.19. The topological polar surface area (TPSA) is 83.5 Å². The van der Waals surface area contributed by atoms with E-state index >= 15 is 0 Å². The Bertz CT molecular complexity index is 802. The van der Waals surface area contributed by atoms with Gasteiger partial charge in [0.15, 0.2) is 0 Å². The molecule has 0 aromatic heterocycles. The highest BCUT2D eigenvalue weighted by atomic mass is 79.9. The molecular formula is C14H12BrNO4S. The van der Waals surface area contributed by atoms with Gasteiger partial charge < -0.3 is 5.11 Å². The number of sulfonamides is 1. The van der Waals surface area contributed by atoms with Crippen LogP contribution in [0.1, 0.15) is 15.9 Å². The number of carbonyl (C=O) groups is 1. The fourth-order valence-corrected chi connectivity index (χ4v) is 3.37. The van der Waals surface area contributed by atoms with Crippen molar-refractivity contribution in [3.63, 3.8) is 0 Å². The number of rotatable bonds is 4. The van der Waals surface area contributed by atoms with Crippen LogP contribution < -0.4 is 4.72 Å².